The van der Waals surface area contributed by atoms with E-state index in [-0.39, 0.29) is 24.3 Å². The quantitative estimate of drug-likeness (QED) is 0.129. The van der Waals surface area contributed by atoms with Crippen LogP contribution in [0, 0.1) is 5.92 Å². The summed E-state index contributed by atoms with van der Waals surface area (Å²) >= 11 is 0. The molecule has 0 aromatic rings. The van der Waals surface area contributed by atoms with Crippen molar-refractivity contribution in [2.75, 3.05) is 13.2 Å². The summed E-state index contributed by atoms with van der Waals surface area (Å²) in [5, 5.41) is 8.81. The van der Waals surface area contributed by atoms with Crippen molar-refractivity contribution in [1.82, 2.24) is 4.90 Å². The summed E-state index contributed by atoms with van der Waals surface area (Å²) in [6.07, 6.45) is 26.6. The van der Waals surface area contributed by atoms with Crippen molar-refractivity contribution >= 4 is 11.8 Å². The van der Waals surface area contributed by atoms with Gasteiger partial charge in [0.2, 0.25) is 11.8 Å². The summed E-state index contributed by atoms with van der Waals surface area (Å²) in [7, 11) is 0. The monoisotopic (exact) mass is 451 g/mol. The predicted molar refractivity (Wildman–Crippen MR) is 135 cm³/mol. The van der Waals surface area contributed by atoms with Gasteiger partial charge in [0.15, 0.2) is 0 Å². The highest BCUT2D eigenvalue weighted by Crippen LogP contribution is 2.25. The van der Waals surface area contributed by atoms with Crippen LogP contribution >= 0.6 is 0 Å². The van der Waals surface area contributed by atoms with Gasteiger partial charge in [-0.15, -0.1) is 0 Å². The summed E-state index contributed by atoms with van der Waals surface area (Å²) in [6, 6.07) is 0. The second-order valence-corrected chi connectivity index (χ2v) is 10.0. The SMILES string of the molecule is CCCCCCCCCCCCCCCCCCC1CC(=O)N(CCCCCCO)C1=O. The first-order valence-corrected chi connectivity index (χ1v) is 14.2. The molecule has 0 aliphatic carbocycles. The molecule has 4 nitrogen and oxygen atoms in total. The Hall–Kier alpha value is -0.900. The van der Waals surface area contributed by atoms with Gasteiger partial charge in [-0.25, -0.2) is 0 Å². The minimum Gasteiger partial charge on any atom is -0.396 e. The average Bonchev–Trinajstić information content (AvgIpc) is 3.06. The summed E-state index contributed by atoms with van der Waals surface area (Å²) in [5.41, 5.74) is 0. The minimum atomic E-state index is -0.0633. The molecular formula is C28H53NO3. The molecule has 0 aromatic carbocycles. The molecule has 1 fully saturated rings. The zero-order valence-electron chi connectivity index (χ0n) is 21.3. The molecule has 1 aliphatic heterocycles. The Morgan fingerprint density at radius 1 is 0.656 bits per heavy atom. The fourth-order valence-electron chi connectivity index (χ4n) is 4.89. The molecule has 0 bridgehead atoms. The van der Waals surface area contributed by atoms with E-state index in [1.807, 2.05) is 0 Å². The third-order valence-electron chi connectivity index (χ3n) is 7.03. The van der Waals surface area contributed by atoms with Gasteiger partial charge in [0.05, 0.1) is 0 Å². The lowest BCUT2D eigenvalue weighted by molar-refractivity contribution is -0.139. The van der Waals surface area contributed by atoms with Gasteiger partial charge in [0.25, 0.3) is 0 Å². The topological polar surface area (TPSA) is 57.6 Å². The van der Waals surface area contributed by atoms with Gasteiger partial charge < -0.3 is 5.11 Å². The van der Waals surface area contributed by atoms with Crippen LogP contribution in [0.3, 0.4) is 0 Å². The third kappa shape index (κ3) is 14.3. The summed E-state index contributed by atoms with van der Waals surface area (Å²) in [4.78, 5) is 26.1. The molecule has 1 atom stereocenters. The molecule has 188 valence electrons. The molecule has 32 heavy (non-hydrogen) atoms. The van der Waals surface area contributed by atoms with Crippen LogP contribution in [0.5, 0.6) is 0 Å². The predicted octanol–water partition coefficient (Wildman–Crippen LogP) is 7.57. The van der Waals surface area contributed by atoms with E-state index >= 15 is 0 Å². The van der Waals surface area contributed by atoms with Crippen molar-refractivity contribution in [3.8, 4) is 0 Å². The average molecular weight is 452 g/mol. The van der Waals surface area contributed by atoms with Crippen molar-refractivity contribution in [2.24, 2.45) is 5.92 Å². The van der Waals surface area contributed by atoms with Gasteiger partial charge in [0, 0.05) is 25.5 Å². The van der Waals surface area contributed by atoms with Gasteiger partial charge in [-0.2, -0.15) is 0 Å². The molecule has 1 saturated heterocycles. The van der Waals surface area contributed by atoms with Gasteiger partial charge in [-0.05, 0) is 19.3 Å². The number of aliphatic hydroxyl groups is 1. The first kappa shape index (κ1) is 29.1. The van der Waals surface area contributed by atoms with Crippen LogP contribution in [0.15, 0.2) is 0 Å². The largest absolute Gasteiger partial charge is 0.396 e. The normalized spacial score (nSPS) is 16.4. The van der Waals surface area contributed by atoms with Gasteiger partial charge >= 0.3 is 0 Å². The molecule has 0 spiro atoms. The van der Waals surface area contributed by atoms with Crippen molar-refractivity contribution in [3.05, 3.63) is 0 Å². The van der Waals surface area contributed by atoms with Crippen LogP contribution in [0.25, 0.3) is 0 Å². The smallest absolute Gasteiger partial charge is 0.232 e. The number of carbonyl (C=O) groups excluding carboxylic acids is 2. The molecule has 2 amide bonds. The molecule has 0 radical (unpaired) electrons. The van der Waals surface area contributed by atoms with E-state index < -0.39 is 0 Å². The van der Waals surface area contributed by atoms with Crippen molar-refractivity contribution < 1.29 is 14.7 Å². The van der Waals surface area contributed by atoms with E-state index in [1.165, 1.54) is 101 Å². The Morgan fingerprint density at radius 3 is 1.59 bits per heavy atom. The Bertz CT molecular complexity index is 466. The Morgan fingerprint density at radius 2 is 1.09 bits per heavy atom. The first-order valence-electron chi connectivity index (χ1n) is 14.2. The molecule has 0 aromatic heterocycles. The third-order valence-corrected chi connectivity index (χ3v) is 7.03. The van der Waals surface area contributed by atoms with E-state index in [9.17, 15) is 9.59 Å². The van der Waals surface area contributed by atoms with Crippen molar-refractivity contribution in [1.29, 1.82) is 0 Å². The minimum absolute atomic E-state index is 0.0265. The van der Waals surface area contributed by atoms with Crippen molar-refractivity contribution in [2.45, 2.75) is 148 Å². The molecule has 4 heteroatoms. The number of hydrogen-bond acceptors (Lipinski definition) is 3. The zero-order chi connectivity index (χ0) is 23.3. The van der Waals surface area contributed by atoms with Crippen LogP contribution in [0.4, 0.5) is 0 Å². The second kappa shape index (κ2) is 20.7. The molecule has 1 aliphatic rings. The Labute approximate surface area is 198 Å². The number of unbranched alkanes of at least 4 members (excludes halogenated alkanes) is 18. The maximum Gasteiger partial charge on any atom is 0.232 e. The summed E-state index contributed by atoms with van der Waals surface area (Å²) < 4.78 is 0. The van der Waals surface area contributed by atoms with Crippen LogP contribution < -0.4 is 0 Å². The van der Waals surface area contributed by atoms with Gasteiger partial charge in [-0.3, -0.25) is 14.5 Å². The van der Waals surface area contributed by atoms with E-state index in [0.29, 0.717) is 13.0 Å². The van der Waals surface area contributed by atoms with Gasteiger partial charge in [-0.1, -0.05) is 122 Å². The zero-order valence-corrected chi connectivity index (χ0v) is 21.3. The lowest BCUT2D eigenvalue weighted by Gasteiger charge is -2.14. The number of carbonyl (C=O) groups is 2. The Balaban J connectivity index is 1.89. The number of imide groups is 1. The summed E-state index contributed by atoms with van der Waals surface area (Å²) in [6.45, 7) is 3.07. The molecule has 1 N–H and O–H groups in total. The molecule has 0 saturated carbocycles. The van der Waals surface area contributed by atoms with E-state index in [0.717, 1.165) is 38.5 Å². The number of rotatable bonds is 23. The first-order chi connectivity index (χ1) is 15.7. The van der Waals surface area contributed by atoms with Crippen LogP contribution in [0.2, 0.25) is 0 Å². The highest BCUT2D eigenvalue weighted by Gasteiger charge is 2.37. The fraction of sp³-hybridized carbons (Fsp3) is 0.929. The highest BCUT2D eigenvalue weighted by molar-refractivity contribution is 6.03. The Kier molecular flexibility index (Phi) is 18.8. The van der Waals surface area contributed by atoms with Gasteiger partial charge in [0.1, 0.15) is 0 Å². The lowest BCUT2D eigenvalue weighted by Crippen LogP contribution is -2.31. The van der Waals surface area contributed by atoms with E-state index in [1.54, 1.807) is 0 Å². The second-order valence-electron chi connectivity index (χ2n) is 10.0. The highest BCUT2D eigenvalue weighted by atomic mass is 16.3. The maximum atomic E-state index is 12.5. The van der Waals surface area contributed by atoms with Crippen molar-refractivity contribution in [3.63, 3.8) is 0 Å². The number of amides is 2. The lowest BCUT2D eigenvalue weighted by atomic mass is 9.98. The van der Waals surface area contributed by atoms with Crippen LogP contribution in [-0.4, -0.2) is 35.0 Å². The molecule has 1 heterocycles. The number of likely N-dealkylation sites (tertiary alicyclic amines) is 1. The van der Waals surface area contributed by atoms with Crippen LogP contribution in [0.1, 0.15) is 148 Å². The van der Waals surface area contributed by atoms with E-state index in [2.05, 4.69) is 6.92 Å². The molecule has 1 rings (SSSR count). The fourth-order valence-corrected chi connectivity index (χ4v) is 4.89. The molecule has 1 unspecified atom stereocenters. The van der Waals surface area contributed by atoms with E-state index in [4.69, 9.17) is 5.11 Å². The summed E-state index contributed by atoms with van der Waals surface area (Å²) in [5.74, 6) is 0.0309. The number of nitrogens with zero attached hydrogens (tertiary/aromatic N) is 1. The standard InChI is InChI=1S/C28H53NO3/c1-2-3-4-5-6-7-8-9-10-11-12-13-14-15-16-19-22-26-25-27(31)29(28(26)32)23-20-17-18-21-24-30/h26,30H,2-25H2,1H3. The van der Waals surface area contributed by atoms with Crippen LogP contribution in [-0.2, 0) is 9.59 Å². The number of aliphatic hydroxyl groups excluding tert-OH is 1. The molecular weight excluding hydrogens is 398 g/mol. The maximum absolute atomic E-state index is 12.5. The number of hydrogen-bond donors (Lipinski definition) is 1.